The maximum Gasteiger partial charge on any atom is 0.269 e. The molecule has 21 heavy (non-hydrogen) atoms. The molecule has 0 aliphatic heterocycles. The van der Waals surface area contributed by atoms with Gasteiger partial charge in [0, 0.05) is 12.1 Å². The van der Waals surface area contributed by atoms with Crippen LogP contribution in [0, 0.1) is 16.0 Å². The normalized spacial score (nSPS) is 13.2. The lowest BCUT2D eigenvalue weighted by Gasteiger charge is -2.21. The standard InChI is InChI=1S/C14H19N3O4/c1-3-9(2)13(14(15)19)16-12(18)8-10-5-4-6-11(7-10)17(20)21/h4-7,9,13H,3,8H2,1-2H3,(H2,15,19)(H,16,18)/t9-,13-/m1/s1. The molecule has 7 heteroatoms. The van der Waals surface area contributed by atoms with E-state index in [2.05, 4.69) is 5.32 Å². The molecule has 0 radical (unpaired) electrons. The number of non-ortho nitro benzene ring substituents is 1. The van der Waals surface area contributed by atoms with Gasteiger partial charge in [-0.3, -0.25) is 19.7 Å². The smallest absolute Gasteiger partial charge is 0.269 e. The van der Waals surface area contributed by atoms with E-state index in [0.29, 0.717) is 12.0 Å². The molecule has 0 spiro atoms. The molecule has 0 bridgehead atoms. The minimum atomic E-state index is -0.735. The van der Waals surface area contributed by atoms with Crippen LogP contribution in [0.4, 0.5) is 5.69 Å². The topological polar surface area (TPSA) is 115 Å². The molecule has 0 saturated heterocycles. The number of rotatable bonds is 7. The molecule has 0 unspecified atom stereocenters. The van der Waals surface area contributed by atoms with Gasteiger partial charge >= 0.3 is 0 Å². The number of amides is 2. The zero-order valence-electron chi connectivity index (χ0n) is 12.0. The third-order valence-electron chi connectivity index (χ3n) is 3.32. The SMILES string of the molecule is CC[C@@H](C)[C@@H](NC(=O)Cc1cccc([N+](=O)[O-])c1)C(N)=O. The second-order valence-electron chi connectivity index (χ2n) is 4.94. The van der Waals surface area contributed by atoms with Gasteiger partial charge in [0.15, 0.2) is 0 Å². The Balaban J connectivity index is 2.74. The Morgan fingerprint density at radius 2 is 2.10 bits per heavy atom. The van der Waals surface area contributed by atoms with Crippen molar-refractivity contribution in [2.24, 2.45) is 11.7 Å². The highest BCUT2D eigenvalue weighted by molar-refractivity contribution is 5.87. The Kier molecular flexibility index (Phi) is 5.83. The number of nitrogens with two attached hydrogens (primary N) is 1. The van der Waals surface area contributed by atoms with Gasteiger partial charge in [0.25, 0.3) is 5.69 Å². The summed E-state index contributed by atoms with van der Waals surface area (Å²) in [7, 11) is 0. The molecule has 114 valence electrons. The van der Waals surface area contributed by atoms with Crippen LogP contribution in [0.5, 0.6) is 0 Å². The third-order valence-corrected chi connectivity index (χ3v) is 3.32. The molecule has 0 fully saturated rings. The first-order chi connectivity index (χ1) is 9.85. The lowest BCUT2D eigenvalue weighted by molar-refractivity contribution is -0.384. The van der Waals surface area contributed by atoms with E-state index < -0.39 is 16.9 Å². The number of nitro groups is 1. The lowest BCUT2D eigenvalue weighted by atomic mass is 9.98. The quantitative estimate of drug-likeness (QED) is 0.579. The molecular weight excluding hydrogens is 274 g/mol. The van der Waals surface area contributed by atoms with Crippen LogP contribution in [0.1, 0.15) is 25.8 Å². The van der Waals surface area contributed by atoms with Crippen molar-refractivity contribution in [1.29, 1.82) is 0 Å². The van der Waals surface area contributed by atoms with E-state index in [-0.39, 0.29) is 23.9 Å². The van der Waals surface area contributed by atoms with Gasteiger partial charge in [-0.25, -0.2) is 0 Å². The van der Waals surface area contributed by atoms with E-state index in [9.17, 15) is 19.7 Å². The summed E-state index contributed by atoms with van der Waals surface area (Å²) in [6.07, 6.45) is 0.659. The molecule has 0 aliphatic rings. The van der Waals surface area contributed by atoms with E-state index in [4.69, 9.17) is 5.73 Å². The monoisotopic (exact) mass is 293 g/mol. The number of primary amides is 1. The van der Waals surface area contributed by atoms with Gasteiger partial charge < -0.3 is 11.1 Å². The number of nitrogens with one attached hydrogen (secondary N) is 1. The summed E-state index contributed by atoms with van der Waals surface area (Å²) in [5.74, 6) is -1.05. The van der Waals surface area contributed by atoms with Crippen LogP contribution in [0.15, 0.2) is 24.3 Å². The molecule has 2 amide bonds. The first-order valence-corrected chi connectivity index (χ1v) is 6.67. The van der Waals surface area contributed by atoms with Crippen LogP contribution < -0.4 is 11.1 Å². The average Bonchev–Trinajstić information content (AvgIpc) is 2.43. The molecule has 0 aromatic heterocycles. The highest BCUT2D eigenvalue weighted by Crippen LogP contribution is 2.14. The zero-order chi connectivity index (χ0) is 16.0. The maximum absolute atomic E-state index is 11.9. The number of carbonyl (C=O) groups excluding carboxylic acids is 2. The summed E-state index contributed by atoms with van der Waals surface area (Å²) in [5.41, 5.74) is 5.71. The van der Waals surface area contributed by atoms with Crippen LogP contribution in [-0.2, 0) is 16.0 Å². The molecule has 0 saturated carbocycles. The summed E-state index contributed by atoms with van der Waals surface area (Å²) < 4.78 is 0. The molecule has 1 rings (SSSR count). The van der Waals surface area contributed by atoms with Gasteiger partial charge in [-0.1, -0.05) is 32.4 Å². The summed E-state index contributed by atoms with van der Waals surface area (Å²) in [6, 6.07) is 5.09. The third kappa shape index (κ3) is 4.87. The van der Waals surface area contributed by atoms with Crippen LogP contribution in [-0.4, -0.2) is 22.8 Å². The molecular formula is C14H19N3O4. The summed E-state index contributed by atoms with van der Waals surface area (Å²) in [6.45, 7) is 3.72. The van der Waals surface area contributed by atoms with Gasteiger partial charge in [0.1, 0.15) is 6.04 Å². The van der Waals surface area contributed by atoms with Crippen molar-refractivity contribution in [3.05, 3.63) is 39.9 Å². The molecule has 1 aromatic carbocycles. The Bertz CT molecular complexity index is 545. The van der Waals surface area contributed by atoms with E-state index in [1.165, 1.54) is 18.2 Å². The Labute approximate surface area is 122 Å². The molecule has 0 heterocycles. The summed E-state index contributed by atoms with van der Waals surface area (Å²) in [4.78, 5) is 33.4. The van der Waals surface area contributed by atoms with E-state index in [1.54, 1.807) is 6.07 Å². The predicted molar refractivity (Wildman–Crippen MR) is 77.4 cm³/mol. The van der Waals surface area contributed by atoms with E-state index in [0.717, 1.165) is 0 Å². The van der Waals surface area contributed by atoms with Crippen LogP contribution >= 0.6 is 0 Å². The van der Waals surface area contributed by atoms with Crippen molar-refractivity contribution in [3.8, 4) is 0 Å². The van der Waals surface area contributed by atoms with Crippen LogP contribution in [0.3, 0.4) is 0 Å². The highest BCUT2D eigenvalue weighted by atomic mass is 16.6. The van der Waals surface area contributed by atoms with Gasteiger partial charge in [0.2, 0.25) is 11.8 Å². The Morgan fingerprint density at radius 3 is 2.62 bits per heavy atom. The number of hydrogen-bond acceptors (Lipinski definition) is 4. The van der Waals surface area contributed by atoms with Crippen molar-refractivity contribution < 1.29 is 14.5 Å². The maximum atomic E-state index is 11.9. The first kappa shape index (κ1) is 16.6. The van der Waals surface area contributed by atoms with Gasteiger partial charge in [0.05, 0.1) is 11.3 Å². The first-order valence-electron chi connectivity index (χ1n) is 6.67. The average molecular weight is 293 g/mol. The fourth-order valence-corrected chi connectivity index (χ4v) is 1.92. The van der Waals surface area contributed by atoms with Crippen LogP contribution in [0.25, 0.3) is 0 Å². The fraction of sp³-hybridized carbons (Fsp3) is 0.429. The molecule has 3 N–H and O–H groups in total. The molecule has 0 aliphatic carbocycles. The minimum Gasteiger partial charge on any atom is -0.368 e. The number of carbonyl (C=O) groups is 2. The zero-order valence-corrected chi connectivity index (χ0v) is 12.0. The molecule has 1 aromatic rings. The number of nitrogens with zero attached hydrogens (tertiary/aromatic N) is 1. The van der Waals surface area contributed by atoms with Crippen molar-refractivity contribution in [3.63, 3.8) is 0 Å². The lowest BCUT2D eigenvalue weighted by Crippen LogP contribution is -2.48. The molecule has 7 nitrogen and oxygen atoms in total. The second kappa shape index (κ2) is 7.37. The van der Waals surface area contributed by atoms with E-state index in [1.807, 2.05) is 13.8 Å². The van der Waals surface area contributed by atoms with Crippen molar-refractivity contribution >= 4 is 17.5 Å². The number of hydrogen-bond donors (Lipinski definition) is 2. The number of benzene rings is 1. The molecule has 2 atom stereocenters. The van der Waals surface area contributed by atoms with Crippen molar-refractivity contribution in [2.45, 2.75) is 32.7 Å². The summed E-state index contributed by atoms with van der Waals surface area (Å²) in [5, 5.41) is 13.3. The Morgan fingerprint density at radius 1 is 1.43 bits per heavy atom. The minimum absolute atomic E-state index is 0.0398. The van der Waals surface area contributed by atoms with Gasteiger partial charge in [-0.05, 0) is 11.5 Å². The second-order valence-corrected chi connectivity index (χ2v) is 4.94. The fourth-order valence-electron chi connectivity index (χ4n) is 1.92. The summed E-state index contributed by atoms with van der Waals surface area (Å²) >= 11 is 0. The van der Waals surface area contributed by atoms with Gasteiger partial charge in [-0.15, -0.1) is 0 Å². The van der Waals surface area contributed by atoms with Crippen LogP contribution in [0.2, 0.25) is 0 Å². The van der Waals surface area contributed by atoms with Crippen molar-refractivity contribution in [1.82, 2.24) is 5.32 Å². The van der Waals surface area contributed by atoms with E-state index >= 15 is 0 Å². The Hall–Kier alpha value is -2.44. The highest BCUT2D eigenvalue weighted by Gasteiger charge is 2.23. The van der Waals surface area contributed by atoms with Crippen molar-refractivity contribution in [2.75, 3.05) is 0 Å². The number of nitro benzene ring substituents is 1. The predicted octanol–water partition coefficient (Wildman–Crippen LogP) is 1.15. The van der Waals surface area contributed by atoms with Gasteiger partial charge in [-0.2, -0.15) is 0 Å². The largest absolute Gasteiger partial charge is 0.368 e.